The van der Waals surface area contributed by atoms with Gasteiger partial charge in [-0.2, -0.15) is 5.10 Å². The molecule has 0 aliphatic carbocycles. The largest absolute Gasteiger partial charge is 0.351 e. The van der Waals surface area contributed by atoms with E-state index < -0.39 is 0 Å². The van der Waals surface area contributed by atoms with E-state index in [2.05, 4.69) is 22.3 Å². The summed E-state index contributed by atoms with van der Waals surface area (Å²) >= 11 is 0. The number of hydrogen-bond donors (Lipinski definition) is 1. The van der Waals surface area contributed by atoms with Gasteiger partial charge in [0, 0.05) is 23.7 Å². The minimum atomic E-state index is -0.314. The second-order valence-corrected chi connectivity index (χ2v) is 7.52. The van der Waals surface area contributed by atoms with E-state index in [1.54, 1.807) is 22.7 Å². The summed E-state index contributed by atoms with van der Waals surface area (Å²) in [5.41, 5.74) is 3.99. The van der Waals surface area contributed by atoms with Crippen LogP contribution in [0.25, 0.3) is 28.2 Å². The van der Waals surface area contributed by atoms with Crippen LogP contribution < -0.4 is 5.32 Å². The van der Waals surface area contributed by atoms with Crippen LogP contribution in [0.15, 0.2) is 66.7 Å². The second-order valence-electron chi connectivity index (χ2n) is 7.52. The SMILES string of the molecule is CCCCCCNC(=O)c1cc(-c2ccc(F)cc2)nc2cc(-c3ccccc3)nn12. The highest BCUT2D eigenvalue weighted by Crippen LogP contribution is 2.24. The summed E-state index contributed by atoms with van der Waals surface area (Å²) in [5, 5.41) is 7.64. The lowest BCUT2D eigenvalue weighted by Gasteiger charge is -2.09. The van der Waals surface area contributed by atoms with Gasteiger partial charge in [-0.15, -0.1) is 0 Å². The molecule has 4 rings (SSSR count). The molecule has 0 fully saturated rings. The third kappa shape index (κ3) is 4.79. The molecule has 4 aromatic rings. The molecule has 0 spiro atoms. The molecule has 5 nitrogen and oxygen atoms in total. The Labute approximate surface area is 181 Å². The molecule has 0 unspecified atom stereocenters. The van der Waals surface area contributed by atoms with Gasteiger partial charge in [-0.3, -0.25) is 4.79 Å². The molecule has 0 aliphatic rings. The number of halogens is 1. The molecule has 0 atom stereocenters. The van der Waals surface area contributed by atoms with Crippen LogP contribution in [0.2, 0.25) is 0 Å². The zero-order valence-corrected chi connectivity index (χ0v) is 17.5. The first-order valence-electron chi connectivity index (χ1n) is 10.7. The Bertz CT molecular complexity index is 1170. The fourth-order valence-electron chi connectivity index (χ4n) is 3.50. The predicted molar refractivity (Wildman–Crippen MR) is 120 cm³/mol. The number of unbranched alkanes of at least 4 members (excludes halogenated alkanes) is 3. The van der Waals surface area contributed by atoms with Crippen molar-refractivity contribution in [2.75, 3.05) is 6.54 Å². The van der Waals surface area contributed by atoms with E-state index in [0.717, 1.165) is 42.5 Å². The van der Waals surface area contributed by atoms with Gasteiger partial charge in [0.2, 0.25) is 0 Å². The fourth-order valence-corrected chi connectivity index (χ4v) is 3.50. The van der Waals surface area contributed by atoms with Gasteiger partial charge >= 0.3 is 0 Å². The summed E-state index contributed by atoms with van der Waals surface area (Å²) in [6, 6.07) is 19.4. The van der Waals surface area contributed by atoms with Crippen molar-refractivity contribution in [3.63, 3.8) is 0 Å². The van der Waals surface area contributed by atoms with Crippen molar-refractivity contribution in [3.8, 4) is 22.5 Å². The predicted octanol–water partition coefficient (Wildman–Crippen LogP) is 5.51. The Balaban J connectivity index is 1.72. The van der Waals surface area contributed by atoms with Gasteiger partial charge in [0.15, 0.2) is 5.65 Å². The number of benzene rings is 2. The van der Waals surface area contributed by atoms with Crippen LogP contribution in [0.4, 0.5) is 4.39 Å². The molecule has 158 valence electrons. The number of carbonyl (C=O) groups is 1. The molecule has 31 heavy (non-hydrogen) atoms. The molecule has 2 heterocycles. The van der Waals surface area contributed by atoms with E-state index in [1.165, 1.54) is 12.1 Å². The second kappa shape index (κ2) is 9.51. The van der Waals surface area contributed by atoms with Gasteiger partial charge < -0.3 is 5.32 Å². The molecule has 2 aromatic heterocycles. The summed E-state index contributed by atoms with van der Waals surface area (Å²) in [5.74, 6) is -0.513. The molecule has 1 N–H and O–H groups in total. The maximum atomic E-state index is 13.4. The summed E-state index contributed by atoms with van der Waals surface area (Å²) in [4.78, 5) is 17.7. The molecule has 2 aromatic carbocycles. The average Bonchev–Trinajstić information content (AvgIpc) is 3.23. The van der Waals surface area contributed by atoms with E-state index >= 15 is 0 Å². The van der Waals surface area contributed by atoms with Crippen LogP contribution in [0.5, 0.6) is 0 Å². The van der Waals surface area contributed by atoms with Crippen molar-refractivity contribution in [1.29, 1.82) is 0 Å². The highest BCUT2D eigenvalue weighted by molar-refractivity contribution is 5.94. The van der Waals surface area contributed by atoms with Crippen molar-refractivity contribution in [2.24, 2.45) is 0 Å². The molecule has 1 amide bonds. The van der Waals surface area contributed by atoms with Gasteiger partial charge in [0.25, 0.3) is 5.91 Å². The van der Waals surface area contributed by atoms with Crippen LogP contribution in [0.1, 0.15) is 43.1 Å². The van der Waals surface area contributed by atoms with E-state index in [4.69, 9.17) is 0 Å². The summed E-state index contributed by atoms with van der Waals surface area (Å²) in [6.45, 7) is 2.77. The highest BCUT2D eigenvalue weighted by atomic mass is 19.1. The molecule has 0 saturated heterocycles. The van der Waals surface area contributed by atoms with Crippen molar-refractivity contribution >= 4 is 11.6 Å². The highest BCUT2D eigenvalue weighted by Gasteiger charge is 2.17. The third-order valence-corrected chi connectivity index (χ3v) is 5.19. The Hall–Kier alpha value is -3.54. The van der Waals surface area contributed by atoms with Crippen molar-refractivity contribution in [1.82, 2.24) is 19.9 Å². The third-order valence-electron chi connectivity index (χ3n) is 5.19. The van der Waals surface area contributed by atoms with Gasteiger partial charge in [-0.25, -0.2) is 13.9 Å². The minimum Gasteiger partial charge on any atom is -0.351 e. The van der Waals surface area contributed by atoms with Crippen LogP contribution in [0.3, 0.4) is 0 Å². The summed E-state index contributed by atoms with van der Waals surface area (Å²) in [7, 11) is 0. The quantitative estimate of drug-likeness (QED) is 0.385. The monoisotopic (exact) mass is 416 g/mol. The average molecular weight is 417 g/mol. The van der Waals surface area contributed by atoms with Crippen molar-refractivity contribution < 1.29 is 9.18 Å². The van der Waals surface area contributed by atoms with Crippen LogP contribution in [-0.2, 0) is 0 Å². The number of aromatic nitrogens is 3. The van der Waals surface area contributed by atoms with Crippen LogP contribution in [-0.4, -0.2) is 27.0 Å². The number of rotatable bonds is 8. The van der Waals surface area contributed by atoms with E-state index in [9.17, 15) is 9.18 Å². The van der Waals surface area contributed by atoms with E-state index in [1.807, 2.05) is 36.4 Å². The normalized spacial score (nSPS) is 11.0. The first kappa shape index (κ1) is 20.7. The summed E-state index contributed by atoms with van der Waals surface area (Å²) < 4.78 is 15.0. The van der Waals surface area contributed by atoms with Crippen molar-refractivity contribution in [3.05, 3.63) is 78.2 Å². The topological polar surface area (TPSA) is 59.3 Å². The zero-order chi connectivity index (χ0) is 21.6. The molecule has 0 bridgehead atoms. The maximum absolute atomic E-state index is 13.4. The van der Waals surface area contributed by atoms with Gasteiger partial charge in [0.05, 0.1) is 11.4 Å². The Kier molecular flexibility index (Phi) is 6.36. The van der Waals surface area contributed by atoms with E-state index in [0.29, 0.717) is 23.6 Å². The number of amides is 1. The molecule has 6 heteroatoms. The number of nitrogens with zero attached hydrogens (tertiary/aromatic N) is 3. The van der Waals surface area contributed by atoms with Gasteiger partial charge in [-0.1, -0.05) is 56.5 Å². The molecule has 0 aliphatic heterocycles. The number of hydrogen-bond acceptors (Lipinski definition) is 3. The first-order valence-corrected chi connectivity index (χ1v) is 10.7. The Morgan fingerprint density at radius 1 is 0.935 bits per heavy atom. The number of fused-ring (bicyclic) bond motifs is 1. The first-order chi connectivity index (χ1) is 15.2. The lowest BCUT2D eigenvalue weighted by atomic mass is 10.1. The fraction of sp³-hybridized carbons (Fsp3) is 0.240. The standard InChI is InChI=1S/C25H25FN4O/c1-2-3-4-8-15-27-25(31)23-16-21(19-11-13-20(26)14-12-19)28-24-17-22(29-30(23)24)18-9-6-5-7-10-18/h5-7,9-14,16-17H,2-4,8,15H2,1H3,(H,27,31). The summed E-state index contributed by atoms with van der Waals surface area (Å²) in [6.07, 6.45) is 4.33. The lowest BCUT2D eigenvalue weighted by molar-refractivity contribution is 0.0945. The van der Waals surface area contributed by atoms with Gasteiger partial charge in [0.1, 0.15) is 11.5 Å². The molecule has 0 radical (unpaired) electrons. The smallest absolute Gasteiger partial charge is 0.270 e. The molecule has 0 saturated carbocycles. The zero-order valence-electron chi connectivity index (χ0n) is 17.5. The molecular weight excluding hydrogens is 391 g/mol. The Morgan fingerprint density at radius 3 is 2.42 bits per heavy atom. The van der Waals surface area contributed by atoms with E-state index in [-0.39, 0.29) is 11.7 Å². The maximum Gasteiger partial charge on any atom is 0.270 e. The van der Waals surface area contributed by atoms with Gasteiger partial charge in [-0.05, 0) is 36.8 Å². The van der Waals surface area contributed by atoms with Crippen LogP contribution >= 0.6 is 0 Å². The van der Waals surface area contributed by atoms with Crippen LogP contribution in [0, 0.1) is 5.82 Å². The lowest BCUT2D eigenvalue weighted by Crippen LogP contribution is -2.27. The number of carbonyl (C=O) groups excluding carboxylic acids is 1. The Morgan fingerprint density at radius 2 is 1.68 bits per heavy atom. The van der Waals surface area contributed by atoms with Crippen molar-refractivity contribution in [2.45, 2.75) is 32.6 Å². The number of nitrogens with one attached hydrogen (secondary N) is 1. The minimum absolute atomic E-state index is 0.199. The molecular formula is C25H25FN4O.